The van der Waals surface area contributed by atoms with Crippen LogP contribution in [0.15, 0.2) is 28.7 Å². The maximum absolute atomic E-state index is 5.94. The van der Waals surface area contributed by atoms with Crippen LogP contribution in [0.2, 0.25) is 5.02 Å². The summed E-state index contributed by atoms with van der Waals surface area (Å²) < 4.78 is 1.000. The van der Waals surface area contributed by atoms with E-state index in [2.05, 4.69) is 33.2 Å². The fraction of sp³-hybridized carbons (Fsp3) is 0.333. The van der Waals surface area contributed by atoms with Crippen LogP contribution < -0.4 is 5.32 Å². The number of rotatable bonds is 4. The molecule has 1 aromatic heterocycles. The molecule has 5 heteroatoms. The number of hydrogen-bond donors (Lipinski definition) is 1. The van der Waals surface area contributed by atoms with Crippen molar-refractivity contribution in [3.8, 4) is 11.4 Å². The summed E-state index contributed by atoms with van der Waals surface area (Å²) in [5.74, 6) is 2.19. The fourth-order valence-electron chi connectivity index (χ4n) is 2.10. The van der Waals surface area contributed by atoms with Crippen molar-refractivity contribution < 1.29 is 0 Å². The fourth-order valence-corrected chi connectivity index (χ4v) is 2.87. The summed E-state index contributed by atoms with van der Waals surface area (Å²) in [5, 5.41) is 4.02. The third kappa shape index (κ3) is 2.81. The summed E-state index contributed by atoms with van der Waals surface area (Å²) in [5.41, 5.74) is 2.10. The highest BCUT2D eigenvalue weighted by Gasteiger charge is 2.29. The summed E-state index contributed by atoms with van der Waals surface area (Å²) >= 11 is 9.57. The van der Waals surface area contributed by atoms with Crippen LogP contribution in [0.1, 0.15) is 31.4 Å². The highest BCUT2D eigenvalue weighted by molar-refractivity contribution is 9.10. The van der Waals surface area contributed by atoms with Gasteiger partial charge in [0.15, 0.2) is 5.82 Å². The predicted molar refractivity (Wildman–Crippen MR) is 86.3 cm³/mol. The molecule has 1 saturated carbocycles. The zero-order valence-corrected chi connectivity index (χ0v) is 13.5. The lowest BCUT2D eigenvalue weighted by Crippen LogP contribution is -2.05. The Hall–Kier alpha value is -1.13. The SMILES string of the molecule is CCNc1nc(-c2ccc(Cl)cc2)nc(C2CC2)c1Br. The Morgan fingerprint density at radius 2 is 1.95 bits per heavy atom. The Bertz CT molecular complexity index is 624. The molecule has 1 fully saturated rings. The number of hydrogen-bond acceptors (Lipinski definition) is 3. The van der Waals surface area contributed by atoms with E-state index in [9.17, 15) is 0 Å². The molecule has 1 aliphatic carbocycles. The number of nitrogens with zero attached hydrogens (tertiary/aromatic N) is 2. The van der Waals surface area contributed by atoms with Crippen LogP contribution in [-0.2, 0) is 0 Å². The normalized spacial score (nSPS) is 14.3. The quantitative estimate of drug-likeness (QED) is 0.853. The monoisotopic (exact) mass is 351 g/mol. The molecule has 0 radical (unpaired) electrons. The molecule has 1 heterocycles. The van der Waals surface area contributed by atoms with Crippen molar-refractivity contribution in [2.75, 3.05) is 11.9 Å². The van der Waals surface area contributed by atoms with Crippen LogP contribution in [0.5, 0.6) is 0 Å². The smallest absolute Gasteiger partial charge is 0.161 e. The van der Waals surface area contributed by atoms with E-state index in [4.69, 9.17) is 16.6 Å². The lowest BCUT2D eigenvalue weighted by Gasteiger charge is -2.12. The van der Waals surface area contributed by atoms with E-state index in [-0.39, 0.29) is 0 Å². The molecule has 0 amide bonds. The van der Waals surface area contributed by atoms with Crippen LogP contribution in [0.4, 0.5) is 5.82 Å². The predicted octanol–water partition coefficient (Wildman–Crippen LogP) is 4.87. The number of anilines is 1. The first-order chi connectivity index (χ1) is 9.69. The molecule has 1 N–H and O–H groups in total. The Labute approximate surface area is 131 Å². The molecule has 1 aromatic carbocycles. The van der Waals surface area contributed by atoms with Gasteiger partial charge in [-0.3, -0.25) is 0 Å². The van der Waals surface area contributed by atoms with Crippen LogP contribution in [-0.4, -0.2) is 16.5 Å². The molecule has 2 aromatic rings. The van der Waals surface area contributed by atoms with Crippen molar-refractivity contribution >= 4 is 33.3 Å². The van der Waals surface area contributed by atoms with Gasteiger partial charge in [-0.15, -0.1) is 0 Å². The van der Waals surface area contributed by atoms with Crippen LogP contribution in [0.3, 0.4) is 0 Å². The molecule has 0 saturated heterocycles. The average Bonchev–Trinajstić information content (AvgIpc) is 3.27. The van der Waals surface area contributed by atoms with Crippen molar-refractivity contribution in [1.29, 1.82) is 0 Å². The van der Waals surface area contributed by atoms with Crippen LogP contribution in [0, 0.1) is 0 Å². The molecule has 0 atom stereocenters. The van der Waals surface area contributed by atoms with Crippen molar-refractivity contribution in [2.24, 2.45) is 0 Å². The van der Waals surface area contributed by atoms with Crippen molar-refractivity contribution in [2.45, 2.75) is 25.7 Å². The van der Waals surface area contributed by atoms with E-state index in [1.165, 1.54) is 12.8 Å². The van der Waals surface area contributed by atoms with Gasteiger partial charge in [0.25, 0.3) is 0 Å². The van der Waals surface area contributed by atoms with E-state index in [0.717, 1.165) is 38.9 Å². The van der Waals surface area contributed by atoms with Crippen LogP contribution >= 0.6 is 27.5 Å². The van der Waals surface area contributed by atoms with Gasteiger partial charge in [-0.25, -0.2) is 9.97 Å². The summed E-state index contributed by atoms with van der Waals surface area (Å²) in [7, 11) is 0. The summed E-state index contributed by atoms with van der Waals surface area (Å²) in [6, 6.07) is 7.65. The first-order valence-electron chi connectivity index (χ1n) is 6.76. The lowest BCUT2D eigenvalue weighted by molar-refractivity contribution is 0.974. The zero-order valence-electron chi connectivity index (χ0n) is 11.2. The third-order valence-corrected chi connectivity index (χ3v) is 4.32. The highest BCUT2D eigenvalue weighted by atomic mass is 79.9. The van der Waals surface area contributed by atoms with E-state index in [1.807, 2.05) is 24.3 Å². The maximum atomic E-state index is 5.94. The summed E-state index contributed by atoms with van der Waals surface area (Å²) in [6.45, 7) is 2.90. The second-order valence-corrected chi connectivity index (χ2v) is 6.14. The molecular formula is C15H15BrClN3. The summed E-state index contributed by atoms with van der Waals surface area (Å²) in [6.07, 6.45) is 2.42. The van der Waals surface area contributed by atoms with E-state index in [0.29, 0.717) is 5.92 Å². The molecule has 0 spiro atoms. The first-order valence-corrected chi connectivity index (χ1v) is 7.93. The molecular weight excluding hydrogens is 338 g/mol. The zero-order chi connectivity index (χ0) is 14.1. The van der Waals surface area contributed by atoms with Crippen molar-refractivity contribution in [3.63, 3.8) is 0 Å². The molecule has 1 aliphatic rings. The number of halogens is 2. The molecule has 3 nitrogen and oxygen atoms in total. The molecule has 104 valence electrons. The molecule has 20 heavy (non-hydrogen) atoms. The number of nitrogens with one attached hydrogen (secondary N) is 1. The Kier molecular flexibility index (Phi) is 3.94. The second kappa shape index (κ2) is 5.70. The van der Waals surface area contributed by atoms with Gasteiger partial charge in [-0.1, -0.05) is 11.6 Å². The van der Waals surface area contributed by atoms with E-state index >= 15 is 0 Å². The Morgan fingerprint density at radius 3 is 2.55 bits per heavy atom. The Balaban J connectivity index is 2.07. The van der Waals surface area contributed by atoms with Gasteiger partial charge in [0, 0.05) is 23.0 Å². The van der Waals surface area contributed by atoms with Gasteiger partial charge in [0.2, 0.25) is 0 Å². The largest absolute Gasteiger partial charge is 0.369 e. The van der Waals surface area contributed by atoms with Gasteiger partial charge in [-0.05, 0) is 60.0 Å². The van der Waals surface area contributed by atoms with Gasteiger partial charge < -0.3 is 5.32 Å². The maximum Gasteiger partial charge on any atom is 0.161 e. The van der Waals surface area contributed by atoms with Crippen molar-refractivity contribution in [1.82, 2.24) is 9.97 Å². The first kappa shape index (κ1) is 13.8. The standard InChI is InChI=1S/C15H15BrClN3/c1-2-18-15-12(16)13(9-3-4-9)19-14(20-15)10-5-7-11(17)8-6-10/h5-9H,2-4H2,1H3,(H,18,19,20). The molecule has 0 unspecified atom stereocenters. The topological polar surface area (TPSA) is 37.8 Å². The molecule has 0 aliphatic heterocycles. The number of benzene rings is 1. The number of aromatic nitrogens is 2. The minimum atomic E-state index is 0.566. The Morgan fingerprint density at radius 1 is 1.25 bits per heavy atom. The van der Waals surface area contributed by atoms with Gasteiger partial charge in [0.1, 0.15) is 5.82 Å². The van der Waals surface area contributed by atoms with Crippen LogP contribution in [0.25, 0.3) is 11.4 Å². The molecule has 0 bridgehead atoms. The van der Waals surface area contributed by atoms with E-state index < -0.39 is 0 Å². The van der Waals surface area contributed by atoms with Gasteiger partial charge >= 0.3 is 0 Å². The van der Waals surface area contributed by atoms with Gasteiger partial charge in [-0.2, -0.15) is 0 Å². The minimum absolute atomic E-state index is 0.566. The van der Waals surface area contributed by atoms with E-state index in [1.54, 1.807) is 0 Å². The summed E-state index contributed by atoms with van der Waals surface area (Å²) in [4.78, 5) is 9.36. The minimum Gasteiger partial charge on any atom is -0.369 e. The average molecular weight is 353 g/mol. The second-order valence-electron chi connectivity index (χ2n) is 4.91. The third-order valence-electron chi connectivity index (χ3n) is 3.29. The highest BCUT2D eigenvalue weighted by Crippen LogP contribution is 2.44. The van der Waals surface area contributed by atoms with Crippen molar-refractivity contribution in [3.05, 3.63) is 39.5 Å². The lowest BCUT2D eigenvalue weighted by atomic mass is 10.2. The van der Waals surface area contributed by atoms with Gasteiger partial charge in [0.05, 0.1) is 10.2 Å². The molecule has 3 rings (SSSR count).